The third-order valence-electron chi connectivity index (χ3n) is 6.13. The quantitative estimate of drug-likeness (QED) is 0.490. The lowest BCUT2D eigenvalue weighted by molar-refractivity contribution is -0.116. The normalized spacial score (nSPS) is 12.9. The third kappa shape index (κ3) is 6.04. The molecule has 0 radical (unpaired) electrons. The van der Waals surface area contributed by atoms with Crippen molar-refractivity contribution in [3.05, 3.63) is 95.1 Å². The minimum Gasteiger partial charge on any atom is -0.366 e. The van der Waals surface area contributed by atoms with E-state index in [9.17, 15) is 9.59 Å². The predicted molar refractivity (Wildman–Crippen MR) is 138 cm³/mol. The van der Waals surface area contributed by atoms with Crippen LogP contribution in [-0.2, 0) is 24.2 Å². The molecule has 0 bridgehead atoms. The van der Waals surface area contributed by atoms with Gasteiger partial charge in [-0.2, -0.15) is 0 Å². The van der Waals surface area contributed by atoms with Gasteiger partial charge < -0.3 is 15.5 Å². The highest BCUT2D eigenvalue weighted by Gasteiger charge is 2.22. The molecule has 3 aromatic carbocycles. The van der Waals surface area contributed by atoms with Gasteiger partial charge in [0.15, 0.2) is 0 Å². The second kappa shape index (κ2) is 11.0. The SMILES string of the molecule is CC(C)CC(=O)Nc1ccc(N2CCc3ccccc3C2)c(C(=O)NCCc2ccccc2)c1. The summed E-state index contributed by atoms with van der Waals surface area (Å²) in [5.74, 6) is 0.114. The van der Waals surface area contributed by atoms with Crippen molar-refractivity contribution in [3.63, 3.8) is 0 Å². The molecule has 3 aromatic rings. The zero-order valence-electron chi connectivity index (χ0n) is 20.0. The van der Waals surface area contributed by atoms with E-state index in [-0.39, 0.29) is 17.7 Å². The number of benzene rings is 3. The van der Waals surface area contributed by atoms with E-state index in [0.717, 1.165) is 31.6 Å². The van der Waals surface area contributed by atoms with Gasteiger partial charge in [-0.05, 0) is 53.6 Å². The van der Waals surface area contributed by atoms with Crippen LogP contribution in [0.1, 0.15) is 47.3 Å². The first-order chi connectivity index (χ1) is 16.5. The van der Waals surface area contributed by atoms with Crippen molar-refractivity contribution in [2.24, 2.45) is 5.92 Å². The van der Waals surface area contributed by atoms with Crippen molar-refractivity contribution in [3.8, 4) is 0 Å². The Morgan fingerprint density at radius 3 is 2.44 bits per heavy atom. The van der Waals surface area contributed by atoms with Gasteiger partial charge in [0, 0.05) is 37.4 Å². The lowest BCUT2D eigenvalue weighted by Gasteiger charge is -2.32. The monoisotopic (exact) mass is 455 g/mol. The van der Waals surface area contributed by atoms with Gasteiger partial charge >= 0.3 is 0 Å². The van der Waals surface area contributed by atoms with Gasteiger partial charge in [0.25, 0.3) is 5.91 Å². The molecule has 1 heterocycles. The fourth-order valence-electron chi connectivity index (χ4n) is 4.42. The molecule has 0 saturated carbocycles. The molecule has 0 aromatic heterocycles. The van der Waals surface area contributed by atoms with Gasteiger partial charge in [-0.15, -0.1) is 0 Å². The largest absolute Gasteiger partial charge is 0.366 e. The summed E-state index contributed by atoms with van der Waals surface area (Å²) < 4.78 is 0. The number of rotatable bonds is 8. The van der Waals surface area contributed by atoms with E-state index in [0.29, 0.717) is 24.2 Å². The molecule has 0 spiro atoms. The van der Waals surface area contributed by atoms with Crippen LogP contribution < -0.4 is 15.5 Å². The number of carbonyl (C=O) groups excluding carboxylic acids is 2. The second-order valence-electron chi connectivity index (χ2n) is 9.31. The molecule has 0 fully saturated rings. The average Bonchev–Trinajstić information content (AvgIpc) is 2.84. The molecular formula is C29H33N3O2. The van der Waals surface area contributed by atoms with Gasteiger partial charge in [-0.3, -0.25) is 9.59 Å². The Morgan fingerprint density at radius 1 is 0.941 bits per heavy atom. The Morgan fingerprint density at radius 2 is 1.68 bits per heavy atom. The van der Waals surface area contributed by atoms with E-state index in [1.54, 1.807) is 0 Å². The van der Waals surface area contributed by atoms with Crippen LogP contribution in [0.4, 0.5) is 11.4 Å². The van der Waals surface area contributed by atoms with E-state index < -0.39 is 0 Å². The highest BCUT2D eigenvalue weighted by Crippen LogP contribution is 2.29. The van der Waals surface area contributed by atoms with Crippen LogP contribution in [0.2, 0.25) is 0 Å². The van der Waals surface area contributed by atoms with Crippen LogP contribution in [-0.4, -0.2) is 24.9 Å². The highest BCUT2D eigenvalue weighted by atomic mass is 16.2. The van der Waals surface area contributed by atoms with E-state index >= 15 is 0 Å². The second-order valence-corrected chi connectivity index (χ2v) is 9.31. The molecule has 2 amide bonds. The maximum absolute atomic E-state index is 13.3. The van der Waals surface area contributed by atoms with Gasteiger partial charge in [0.05, 0.1) is 5.56 Å². The smallest absolute Gasteiger partial charge is 0.253 e. The number of fused-ring (bicyclic) bond motifs is 1. The molecule has 0 aliphatic carbocycles. The molecule has 1 aliphatic heterocycles. The lowest BCUT2D eigenvalue weighted by atomic mass is 9.98. The van der Waals surface area contributed by atoms with Crippen LogP contribution in [0.15, 0.2) is 72.8 Å². The van der Waals surface area contributed by atoms with Gasteiger partial charge in [0.2, 0.25) is 5.91 Å². The molecular weight excluding hydrogens is 422 g/mol. The summed E-state index contributed by atoms with van der Waals surface area (Å²) in [4.78, 5) is 27.9. The van der Waals surface area contributed by atoms with Crippen LogP contribution in [0.25, 0.3) is 0 Å². The Balaban J connectivity index is 1.54. The minimum atomic E-state index is -0.121. The van der Waals surface area contributed by atoms with E-state index in [1.807, 2.05) is 50.2 Å². The number of nitrogens with zero attached hydrogens (tertiary/aromatic N) is 1. The highest BCUT2D eigenvalue weighted by molar-refractivity contribution is 6.02. The molecule has 0 atom stereocenters. The van der Waals surface area contributed by atoms with E-state index in [2.05, 4.69) is 51.9 Å². The fraction of sp³-hybridized carbons (Fsp3) is 0.310. The maximum atomic E-state index is 13.3. The van der Waals surface area contributed by atoms with Gasteiger partial charge in [-0.1, -0.05) is 68.4 Å². The van der Waals surface area contributed by atoms with Gasteiger partial charge in [-0.25, -0.2) is 0 Å². The number of hydrogen-bond acceptors (Lipinski definition) is 3. The Bertz CT molecular complexity index is 1140. The van der Waals surface area contributed by atoms with Crippen molar-refractivity contribution >= 4 is 23.2 Å². The summed E-state index contributed by atoms with van der Waals surface area (Å²) in [6.45, 7) is 6.19. The number of amides is 2. The average molecular weight is 456 g/mol. The number of carbonyl (C=O) groups is 2. The molecule has 1 aliphatic rings. The summed E-state index contributed by atoms with van der Waals surface area (Å²) in [7, 11) is 0. The molecule has 5 heteroatoms. The lowest BCUT2D eigenvalue weighted by Crippen LogP contribution is -2.33. The molecule has 2 N–H and O–H groups in total. The first-order valence-corrected chi connectivity index (χ1v) is 12.1. The number of nitrogens with one attached hydrogen (secondary N) is 2. The maximum Gasteiger partial charge on any atom is 0.253 e. The number of hydrogen-bond donors (Lipinski definition) is 2. The predicted octanol–water partition coefficient (Wildman–Crippen LogP) is 5.21. The molecule has 5 nitrogen and oxygen atoms in total. The minimum absolute atomic E-state index is 0.0370. The summed E-state index contributed by atoms with van der Waals surface area (Å²) in [6, 6.07) is 24.3. The van der Waals surface area contributed by atoms with Crippen LogP contribution in [0.5, 0.6) is 0 Å². The van der Waals surface area contributed by atoms with E-state index in [1.165, 1.54) is 16.7 Å². The summed E-state index contributed by atoms with van der Waals surface area (Å²) >= 11 is 0. The third-order valence-corrected chi connectivity index (χ3v) is 6.13. The standard InChI is InChI=1S/C29H33N3O2/c1-21(2)18-28(33)31-25-12-13-27(32-17-15-23-10-6-7-11-24(23)20-32)26(19-25)29(34)30-16-14-22-8-4-3-5-9-22/h3-13,19,21H,14-18,20H2,1-2H3,(H,30,34)(H,31,33). The molecule has 176 valence electrons. The zero-order chi connectivity index (χ0) is 23.9. The molecule has 4 rings (SSSR count). The van der Waals surface area contributed by atoms with Crippen molar-refractivity contribution in [2.45, 2.75) is 39.7 Å². The summed E-state index contributed by atoms with van der Waals surface area (Å²) in [5, 5.41) is 6.04. The zero-order valence-corrected chi connectivity index (χ0v) is 20.0. The molecule has 0 saturated heterocycles. The fourth-order valence-corrected chi connectivity index (χ4v) is 4.42. The first-order valence-electron chi connectivity index (χ1n) is 12.1. The van der Waals surface area contributed by atoms with Crippen LogP contribution in [0.3, 0.4) is 0 Å². The van der Waals surface area contributed by atoms with Crippen molar-refractivity contribution in [2.75, 3.05) is 23.3 Å². The number of anilines is 2. The topological polar surface area (TPSA) is 61.4 Å². The molecule has 34 heavy (non-hydrogen) atoms. The van der Waals surface area contributed by atoms with Crippen molar-refractivity contribution < 1.29 is 9.59 Å². The molecule has 0 unspecified atom stereocenters. The summed E-state index contributed by atoms with van der Waals surface area (Å²) in [5.41, 5.74) is 5.98. The first kappa shape index (κ1) is 23.6. The van der Waals surface area contributed by atoms with Gasteiger partial charge in [0.1, 0.15) is 0 Å². The van der Waals surface area contributed by atoms with Crippen molar-refractivity contribution in [1.29, 1.82) is 0 Å². The summed E-state index contributed by atoms with van der Waals surface area (Å²) in [6.07, 6.45) is 2.16. The Hall–Kier alpha value is -3.60. The Labute approximate surface area is 202 Å². The Kier molecular flexibility index (Phi) is 7.63. The van der Waals surface area contributed by atoms with Crippen LogP contribution in [0, 0.1) is 5.92 Å². The van der Waals surface area contributed by atoms with Crippen LogP contribution >= 0.6 is 0 Å². The van der Waals surface area contributed by atoms with Crippen molar-refractivity contribution in [1.82, 2.24) is 5.32 Å². The van der Waals surface area contributed by atoms with E-state index in [4.69, 9.17) is 0 Å².